The second kappa shape index (κ2) is 6.86. The zero-order valence-corrected chi connectivity index (χ0v) is 18.6. The van der Waals surface area contributed by atoms with Crippen molar-refractivity contribution in [2.24, 2.45) is 16.7 Å². The van der Waals surface area contributed by atoms with Crippen LogP contribution in [0.2, 0.25) is 10.0 Å². The lowest BCUT2D eigenvalue weighted by atomic mass is 9.70. The van der Waals surface area contributed by atoms with Crippen LogP contribution in [0.15, 0.2) is 18.2 Å². The van der Waals surface area contributed by atoms with Crippen molar-refractivity contribution in [2.75, 3.05) is 36.8 Å². The second-order valence-corrected chi connectivity index (χ2v) is 11.7. The third-order valence-electron chi connectivity index (χ3n) is 7.45. The van der Waals surface area contributed by atoms with Crippen molar-refractivity contribution in [2.45, 2.75) is 33.1 Å². The quantitative estimate of drug-likeness (QED) is 0.707. The molecule has 0 radical (unpaired) electrons. The van der Waals surface area contributed by atoms with E-state index in [1.807, 2.05) is 6.07 Å². The summed E-state index contributed by atoms with van der Waals surface area (Å²) in [5.41, 5.74) is -0.132. The van der Waals surface area contributed by atoms with E-state index in [0.29, 0.717) is 55.0 Å². The number of carbonyl (C=O) groups excluding carboxylic acids is 1. The lowest BCUT2D eigenvalue weighted by molar-refractivity contribution is -0.128. The third-order valence-corrected chi connectivity index (χ3v) is 10.0. The molecule has 3 aliphatic rings. The standard InChI is InChI=1S/C20H26Cl2N2O3S/c1-19(2)14-5-6-20(19,18(25)11-14)13-28(26,27)24-9-7-23(8-10-24)17-12-15(21)3-4-16(17)22/h3-4,12,14H,5-11,13H2,1-2H3/t14-,20-/m0/s1. The minimum absolute atomic E-state index is 0.0553. The highest BCUT2D eigenvalue weighted by atomic mass is 35.5. The second-order valence-electron chi connectivity index (χ2n) is 8.90. The molecule has 2 bridgehead atoms. The van der Waals surface area contributed by atoms with Gasteiger partial charge in [0.15, 0.2) is 0 Å². The van der Waals surface area contributed by atoms with Gasteiger partial charge < -0.3 is 4.90 Å². The number of nitrogens with zero attached hydrogens (tertiary/aromatic N) is 2. The van der Waals surface area contributed by atoms with Gasteiger partial charge >= 0.3 is 0 Å². The molecule has 0 spiro atoms. The van der Waals surface area contributed by atoms with Crippen LogP contribution in [-0.4, -0.2) is 50.4 Å². The van der Waals surface area contributed by atoms with Gasteiger partial charge in [-0.15, -0.1) is 0 Å². The summed E-state index contributed by atoms with van der Waals surface area (Å²) in [5, 5.41) is 1.21. The van der Waals surface area contributed by atoms with Gasteiger partial charge in [0.2, 0.25) is 10.0 Å². The minimum Gasteiger partial charge on any atom is -0.368 e. The van der Waals surface area contributed by atoms with E-state index in [1.165, 1.54) is 0 Å². The van der Waals surface area contributed by atoms with Crippen molar-refractivity contribution in [3.8, 4) is 0 Å². The Morgan fingerprint density at radius 1 is 1.14 bits per heavy atom. The molecule has 1 aliphatic heterocycles. The van der Waals surface area contributed by atoms with E-state index >= 15 is 0 Å². The molecule has 4 rings (SSSR count). The molecule has 2 aliphatic carbocycles. The van der Waals surface area contributed by atoms with Gasteiger partial charge in [0.05, 0.1) is 16.5 Å². The smallest absolute Gasteiger partial charge is 0.215 e. The van der Waals surface area contributed by atoms with Gasteiger partial charge in [-0.05, 0) is 42.4 Å². The Morgan fingerprint density at radius 3 is 2.39 bits per heavy atom. The fraction of sp³-hybridized carbons (Fsp3) is 0.650. The Kier molecular flexibility index (Phi) is 5.01. The summed E-state index contributed by atoms with van der Waals surface area (Å²) < 4.78 is 28.0. The fourth-order valence-corrected chi connectivity index (χ4v) is 8.05. The van der Waals surface area contributed by atoms with E-state index < -0.39 is 15.4 Å². The van der Waals surface area contributed by atoms with Crippen LogP contribution in [0.1, 0.15) is 33.1 Å². The van der Waals surface area contributed by atoms with Gasteiger partial charge in [-0.1, -0.05) is 37.0 Å². The molecule has 0 unspecified atom stereocenters. The van der Waals surface area contributed by atoms with Crippen molar-refractivity contribution in [1.82, 2.24) is 4.31 Å². The molecule has 2 saturated carbocycles. The average molecular weight is 445 g/mol. The van der Waals surface area contributed by atoms with Gasteiger partial charge in [-0.2, -0.15) is 4.31 Å². The van der Waals surface area contributed by atoms with E-state index in [0.717, 1.165) is 12.1 Å². The molecule has 2 atom stereocenters. The predicted molar refractivity (Wildman–Crippen MR) is 113 cm³/mol. The zero-order valence-electron chi connectivity index (χ0n) is 16.2. The fourth-order valence-electron chi connectivity index (χ4n) is 5.45. The number of halogens is 2. The van der Waals surface area contributed by atoms with Crippen molar-refractivity contribution < 1.29 is 13.2 Å². The first kappa shape index (κ1) is 20.5. The Morgan fingerprint density at radius 2 is 1.82 bits per heavy atom. The number of sulfonamides is 1. The molecule has 154 valence electrons. The van der Waals surface area contributed by atoms with Crippen LogP contribution in [0, 0.1) is 16.7 Å². The number of carbonyl (C=O) groups is 1. The van der Waals surface area contributed by atoms with Crippen LogP contribution in [0.4, 0.5) is 5.69 Å². The molecule has 1 aromatic rings. The molecule has 0 N–H and O–H groups in total. The molecular weight excluding hydrogens is 419 g/mol. The zero-order chi connectivity index (χ0) is 20.3. The van der Waals surface area contributed by atoms with Gasteiger partial charge in [0.1, 0.15) is 5.78 Å². The van der Waals surface area contributed by atoms with Gasteiger partial charge in [-0.25, -0.2) is 8.42 Å². The van der Waals surface area contributed by atoms with E-state index in [-0.39, 0.29) is 17.0 Å². The summed E-state index contributed by atoms with van der Waals surface area (Å²) in [6.07, 6.45) is 2.18. The molecule has 0 aromatic heterocycles. The van der Waals surface area contributed by atoms with Crippen LogP contribution >= 0.6 is 23.2 Å². The first-order valence-electron chi connectivity index (χ1n) is 9.78. The summed E-state index contributed by atoms with van der Waals surface area (Å²) in [7, 11) is -3.51. The highest BCUT2D eigenvalue weighted by Gasteiger charge is 2.65. The number of hydrogen-bond acceptors (Lipinski definition) is 4. The number of Topliss-reactive ketones (excluding diaryl/α,β-unsaturated/α-hetero) is 1. The topological polar surface area (TPSA) is 57.7 Å². The first-order valence-corrected chi connectivity index (χ1v) is 12.1. The normalized spacial score (nSPS) is 30.2. The minimum atomic E-state index is -3.51. The van der Waals surface area contributed by atoms with Crippen LogP contribution < -0.4 is 4.90 Å². The van der Waals surface area contributed by atoms with Gasteiger partial charge in [0, 0.05) is 43.0 Å². The summed E-state index contributed by atoms with van der Waals surface area (Å²) in [5.74, 6) is 0.402. The maximum atomic E-state index is 13.2. The Balaban J connectivity index is 1.49. The number of ketones is 1. The number of piperazine rings is 1. The van der Waals surface area contributed by atoms with E-state index in [9.17, 15) is 13.2 Å². The van der Waals surface area contributed by atoms with Gasteiger partial charge in [-0.3, -0.25) is 4.79 Å². The lowest BCUT2D eigenvalue weighted by Gasteiger charge is -2.40. The molecular formula is C20H26Cl2N2O3S. The van der Waals surface area contributed by atoms with Crippen molar-refractivity contribution in [3.05, 3.63) is 28.2 Å². The van der Waals surface area contributed by atoms with Crippen LogP contribution in [0.25, 0.3) is 0 Å². The molecule has 5 nitrogen and oxygen atoms in total. The average Bonchev–Trinajstić information content (AvgIpc) is 2.98. The molecule has 0 amide bonds. The summed E-state index contributed by atoms with van der Waals surface area (Å²) in [4.78, 5) is 14.8. The predicted octanol–water partition coefficient (Wildman–Crippen LogP) is 3.84. The first-order chi connectivity index (χ1) is 13.1. The Labute approximate surface area is 177 Å². The van der Waals surface area contributed by atoms with Gasteiger partial charge in [0.25, 0.3) is 0 Å². The van der Waals surface area contributed by atoms with E-state index in [2.05, 4.69) is 18.7 Å². The largest absolute Gasteiger partial charge is 0.368 e. The van der Waals surface area contributed by atoms with Crippen LogP contribution in [0.3, 0.4) is 0 Å². The lowest BCUT2D eigenvalue weighted by Crippen LogP contribution is -2.52. The third kappa shape index (κ3) is 3.08. The maximum absolute atomic E-state index is 13.2. The SMILES string of the molecule is CC1(C)[C@H]2CC[C@]1(CS(=O)(=O)N1CCN(c3cc(Cl)ccc3Cl)CC1)C(=O)C2. The molecule has 8 heteroatoms. The summed E-state index contributed by atoms with van der Waals surface area (Å²) in [6, 6.07) is 5.31. The summed E-state index contributed by atoms with van der Waals surface area (Å²) >= 11 is 12.4. The molecule has 28 heavy (non-hydrogen) atoms. The van der Waals surface area contributed by atoms with Crippen molar-refractivity contribution >= 4 is 44.7 Å². The van der Waals surface area contributed by atoms with E-state index in [4.69, 9.17) is 23.2 Å². The monoisotopic (exact) mass is 444 g/mol. The Hall–Kier alpha value is -0.820. The molecule has 3 fully saturated rings. The van der Waals surface area contributed by atoms with Crippen molar-refractivity contribution in [1.29, 1.82) is 0 Å². The number of rotatable bonds is 4. The van der Waals surface area contributed by atoms with Crippen LogP contribution in [-0.2, 0) is 14.8 Å². The summed E-state index contributed by atoms with van der Waals surface area (Å²) in [6.45, 7) is 6.02. The number of benzene rings is 1. The number of hydrogen-bond donors (Lipinski definition) is 0. The van der Waals surface area contributed by atoms with E-state index in [1.54, 1.807) is 16.4 Å². The van der Waals surface area contributed by atoms with Crippen molar-refractivity contribution in [3.63, 3.8) is 0 Å². The molecule has 1 aromatic carbocycles. The Bertz CT molecular complexity index is 910. The number of anilines is 1. The maximum Gasteiger partial charge on any atom is 0.215 e. The number of fused-ring (bicyclic) bond motifs is 2. The highest BCUT2D eigenvalue weighted by Crippen LogP contribution is 2.64. The highest BCUT2D eigenvalue weighted by molar-refractivity contribution is 7.89. The molecule has 1 heterocycles. The van der Waals surface area contributed by atoms with Crippen LogP contribution in [0.5, 0.6) is 0 Å². The molecule has 1 saturated heterocycles.